The molecule has 144 valence electrons. The molecule has 1 atom stereocenters. The Kier molecular flexibility index (Phi) is 6.27. The maximum Gasteiger partial charge on any atom is 0.330 e. The van der Waals surface area contributed by atoms with Gasteiger partial charge in [-0.05, 0) is 25.0 Å². The lowest BCUT2D eigenvalue weighted by atomic mass is 10.0. The van der Waals surface area contributed by atoms with E-state index in [-0.39, 0.29) is 11.1 Å². The molecular weight excluding hydrogens is 354 g/mol. The molecule has 0 aliphatic carbocycles. The van der Waals surface area contributed by atoms with Crippen LogP contribution in [0.4, 0.5) is 4.79 Å². The van der Waals surface area contributed by atoms with Crippen molar-refractivity contribution in [1.29, 1.82) is 0 Å². The van der Waals surface area contributed by atoms with Crippen LogP contribution in [0.2, 0.25) is 0 Å². The lowest BCUT2D eigenvalue weighted by Gasteiger charge is -2.27. The molecule has 1 aromatic carbocycles. The second-order valence-corrected chi connectivity index (χ2v) is 6.23. The van der Waals surface area contributed by atoms with Gasteiger partial charge in [-0.25, -0.2) is 9.59 Å². The molecule has 2 rings (SSSR count). The first-order chi connectivity index (χ1) is 12.8. The van der Waals surface area contributed by atoms with Crippen LogP contribution in [0.25, 0.3) is 0 Å². The van der Waals surface area contributed by atoms with Crippen LogP contribution < -0.4 is 10.6 Å². The molecule has 0 radical (unpaired) electrons. The first-order valence-corrected chi connectivity index (χ1v) is 8.49. The summed E-state index contributed by atoms with van der Waals surface area (Å²) in [5.41, 5.74) is 0.435. The van der Waals surface area contributed by atoms with E-state index in [4.69, 9.17) is 4.74 Å². The quantitative estimate of drug-likeness (QED) is 0.557. The minimum absolute atomic E-state index is 0.218. The van der Waals surface area contributed by atoms with Crippen LogP contribution in [0.1, 0.15) is 41.5 Å². The van der Waals surface area contributed by atoms with Crippen molar-refractivity contribution in [2.75, 3.05) is 13.2 Å². The fraction of sp³-hybridized carbons (Fsp3) is 0.389. The van der Waals surface area contributed by atoms with E-state index >= 15 is 0 Å². The fourth-order valence-electron chi connectivity index (χ4n) is 2.73. The zero-order valence-electron chi connectivity index (χ0n) is 15.3. The Morgan fingerprint density at radius 2 is 1.63 bits per heavy atom. The van der Waals surface area contributed by atoms with E-state index in [9.17, 15) is 24.0 Å². The maximum atomic E-state index is 12.6. The summed E-state index contributed by atoms with van der Waals surface area (Å²) >= 11 is 0. The van der Waals surface area contributed by atoms with Gasteiger partial charge in [-0.1, -0.05) is 26.0 Å². The highest BCUT2D eigenvalue weighted by molar-refractivity contribution is 6.22. The van der Waals surface area contributed by atoms with Crippen molar-refractivity contribution in [2.24, 2.45) is 5.92 Å². The Hall–Kier alpha value is -3.23. The Morgan fingerprint density at radius 1 is 1.07 bits per heavy atom. The van der Waals surface area contributed by atoms with Gasteiger partial charge in [0, 0.05) is 6.54 Å². The first-order valence-electron chi connectivity index (χ1n) is 8.49. The van der Waals surface area contributed by atoms with E-state index in [1.807, 2.05) is 5.32 Å². The van der Waals surface area contributed by atoms with Crippen LogP contribution in [0.15, 0.2) is 24.3 Å². The number of carbonyl (C=O) groups is 5. The van der Waals surface area contributed by atoms with E-state index < -0.39 is 48.3 Å². The normalized spacial score (nSPS) is 14.0. The third-order valence-corrected chi connectivity index (χ3v) is 3.91. The Balaban J connectivity index is 2.09. The van der Waals surface area contributed by atoms with Crippen LogP contribution >= 0.6 is 0 Å². The number of imide groups is 2. The van der Waals surface area contributed by atoms with E-state index in [0.29, 0.717) is 6.54 Å². The summed E-state index contributed by atoms with van der Waals surface area (Å²) < 4.78 is 4.94. The summed E-state index contributed by atoms with van der Waals surface area (Å²) in [5.74, 6) is -3.33. The number of hydrogen-bond donors (Lipinski definition) is 2. The number of ether oxygens (including phenoxy) is 1. The minimum Gasteiger partial charge on any atom is -0.454 e. The van der Waals surface area contributed by atoms with E-state index in [1.54, 1.807) is 32.9 Å². The van der Waals surface area contributed by atoms with Crippen molar-refractivity contribution >= 4 is 29.7 Å². The Bertz CT molecular complexity index is 754. The SMILES string of the molecule is CCNC(=O)NC(=O)COC(=O)[C@@H](C(C)C)N1C(=O)c2ccccc2C1=O. The van der Waals surface area contributed by atoms with Gasteiger partial charge in [-0.15, -0.1) is 0 Å². The number of benzene rings is 1. The monoisotopic (exact) mass is 375 g/mol. The summed E-state index contributed by atoms with van der Waals surface area (Å²) in [7, 11) is 0. The molecule has 0 aromatic heterocycles. The lowest BCUT2D eigenvalue weighted by molar-refractivity contribution is -0.153. The molecule has 1 aromatic rings. The second kappa shape index (κ2) is 8.43. The van der Waals surface area contributed by atoms with Crippen LogP contribution in [0, 0.1) is 5.92 Å². The molecule has 27 heavy (non-hydrogen) atoms. The molecule has 0 unspecified atom stereocenters. The van der Waals surface area contributed by atoms with Crippen molar-refractivity contribution in [2.45, 2.75) is 26.8 Å². The fourth-order valence-corrected chi connectivity index (χ4v) is 2.73. The van der Waals surface area contributed by atoms with Crippen LogP contribution in [-0.2, 0) is 14.3 Å². The van der Waals surface area contributed by atoms with Gasteiger partial charge in [-0.3, -0.25) is 24.6 Å². The Labute approximate surface area is 156 Å². The molecule has 5 amide bonds. The lowest BCUT2D eigenvalue weighted by Crippen LogP contribution is -2.49. The standard InChI is InChI=1S/C18H21N3O6/c1-4-19-18(26)20-13(22)9-27-17(25)14(10(2)3)21-15(23)11-7-5-6-8-12(11)16(21)24/h5-8,10,14H,4,9H2,1-3H3,(H2,19,20,22,26)/t14-/m1/s1. The van der Waals surface area contributed by atoms with Crippen molar-refractivity contribution in [3.63, 3.8) is 0 Å². The number of carbonyl (C=O) groups excluding carboxylic acids is 5. The zero-order valence-corrected chi connectivity index (χ0v) is 15.3. The van der Waals surface area contributed by atoms with Gasteiger partial charge in [0.25, 0.3) is 17.7 Å². The van der Waals surface area contributed by atoms with Gasteiger partial charge >= 0.3 is 12.0 Å². The largest absolute Gasteiger partial charge is 0.454 e. The Morgan fingerprint density at radius 3 is 2.11 bits per heavy atom. The zero-order chi connectivity index (χ0) is 20.1. The number of amides is 5. The van der Waals surface area contributed by atoms with E-state index in [1.165, 1.54) is 12.1 Å². The highest BCUT2D eigenvalue weighted by Gasteiger charge is 2.44. The highest BCUT2D eigenvalue weighted by atomic mass is 16.5. The molecule has 0 fully saturated rings. The summed E-state index contributed by atoms with van der Waals surface area (Å²) in [6, 6.07) is 4.38. The molecule has 1 aliphatic heterocycles. The van der Waals surface area contributed by atoms with Crippen LogP contribution in [0.3, 0.4) is 0 Å². The minimum atomic E-state index is -1.19. The number of esters is 1. The molecule has 9 nitrogen and oxygen atoms in total. The number of urea groups is 1. The number of fused-ring (bicyclic) bond motifs is 1. The second-order valence-electron chi connectivity index (χ2n) is 6.23. The highest BCUT2D eigenvalue weighted by Crippen LogP contribution is 2.27. The molecule has 0 spiro atoms. The molecule has 2 N–H and O–H groups in total. The smallest absolute Gasteiger partial charge is 0.330 e. The van der Waals surface area contributed by atoms with Gasteiger partial charge in [0.1, 0.15) is 6.04 Å². The molecule has 1 aliphatic rings. The average molecular weight is 375 g/mol. The maximum absolute atomic E-state index is 12.6. The third kappa shape index (κ3) is 4.30. The van der Waals surface area contributed by atoms with Crippen molar-refractivity contribution < 1.29 is 28.7 Å². The average Bonchev–Trinajstić information content (AvgIpc) is 2.86. The number of hydrogen-bond acceptors (Lipinski definition) is 6. The summed E-state index contributed by atoms with van der Waals surface area (Å²) in [5, 5.41) is 4.35. The molecule has 0 bridgehead atoms. The predicted molar refractivity (Wildman–Crippen MR) is 93.7 cm³/mol. The van der Waals surface area contributed by atoms with E-state index in [0.717, 1.165) is 4.90 Å². The number of rotatable bonds is 6. The first kappa shape index (κ1) is 20.1. The molecule has 0 saturated carbocycles. The summed E-state index contributed by atoms with van der Waals surface area (Å²) in [6.07, 6.45) is 0. The molecule has 1 heterocycles. The van der Waals surface area contributed by atoms with Crippen molar-refractivity contribution in [3.05, 3.63) is 35.4 Å². The van der Waals surface area contributed by atoms with Gasteiger partial charge in [0.15, 0.2) is 6.61 Å². The van der Waals surface area contributed by atoms with Gasteiger partial charge in [0.05, 0.1) is 11.1 Å². The molecule has 9 heteroatoms. The summed E-state index contributed by atoms with van der Waals surface area (Å²) in [4.78, 5) is 61.4. The van der Waals surface area contributed by atoms with Crippen molar-refractivity contribution in [3.8, 4) is 0 Å². The summed E-state index contributed by atoms with van der Waals surface area (Å²) in [6.45, 7) is 4.62. The number of nitrogens with one attached hydrogen (secondary N) is 2. The van der Waals surface area contributed by atoms with Gasteiger partial charge in [-0.2, -0.15) is 0 Å². The predicted octanol–water partition coefficient (Wildman–Crippen LogP) is 0.696. The van der Waals surface area contributed by atoms with Crippen molar-refractivity contribution in [1.82, 2.24) is 15.5 Å². The topological polar surface area (TPSA) is 122 Å². The van der Waals surface area contributed by atoms with E-state index in [2.05, 4.69) is 5.32 Å². The third-order valence-electron chi connectivity index (χ3n) is 3.91. The molecule has 0 saturated heterocycles. The van der Waals surface area contributed by atoms with Crippen LogP contribution in [-0.4, -0.2) is 53.8 Å². The van der Waals surface area contributed by atoms with Gasteiger partial charge in [0.2, 0.25) is 0 Å². The molecular formula is C18H21N3O6. The van der Waals surface area contributed by atoms with Gasteiger partial charge < -0.3 is 10.1 Å². The van der Waals surface area contributed by atoms with Crippen LogP contribution in [0.5, 0.6) is 0 Å². The number of nitrogens with zero attached hydrogens (tertiary/aromatic N) is 1.